The molecular formula is C18H25NOS. The number of aryl methyl sites for hydroxylation is 2. The molecule has 114 valence electrons. The van der Waals surface area contributed by atoms with E-state index >= 15 is 0 Å². The van der Waals surface area contributed by atoms with Crippen LogP contribution in [0.15, 0.2) is 36.4 Å². The van der Waals surface area contributed by atoms with Crippen molar-refractivity contribution in [1.82, 2.24) is 5.32 Å². The summed E-state index contributed by atoms with van der Waals surface area (Å²) in [6.45, 7) is 6.66. The summed E-state index contributed by atoms with van der Waals surface area (Å²) in [7, 11) is 0. The van der Waals surface area contributed by atoms with Gasteiger partial charge in [0, 0.05) is 21.8 Å². The van der Waals surface area contributed by atoms with Gasteiger partial charge in [0.25, 0.3) is 0 Å². The molecule has 0 aliphatic heterocycles. The first kappa shape index (κ1) is 16.1. The van der Waals surface area contributed by atoms with Gasteiger partial charge >= 0.3 is 0 Å². The molecule has 0 bridgehead atoms. The summed E-state index contributed by atoms with van der Waals surface area (Å²) in [6.07, 6.45) is 3.25. The van der Waals surface area contributed by atoms with Gasteiger partial charge < -0.3 is 10.4 Å². The molecule has 1 aromatic heterocycles. The molecule has 2 N–H and O–H groups in total. The molecule has 0 amide bonds. The molecule has 0 radical (unpaired) electrons. The monoisotopic (exact) mass is 303 g/mol. The van der Waals surface area contributed by atoms with Crippen LogP contribution in [-0.4, -0.2) is 17.2 Å². The Hall–Kier alpha value is -1.32. The van der Waals surface area contributed by atoms with Crippen molar-refractivity contribution in [2.24, 2.45) is 0 Å². The molecule has 1 heterocycles. The molecule has 0 aliphatic carbocycles. The lowest BCUT2D eigenvalue weighted by Crippen LogP contribution is -2.36. The highest BCUT2D eigenvalue weighted by molar-refractivity contribution is 7.11. The molecule has 0 spiro atoms. The second-order valence-corrected chi connectivity index (χ2v) is 7.26. The molecule has 2 rings (SSSR count). The minimum absolute atomic E-state index is 0.338. The number of nitrogens with one attached hydrogen (secondary N) is 1. The summed E-state index contributed by atoms with van der Waals surface area (Å²) in [5.41, 5.74) is 1.28. The summed E-state index contributed by atoms with van der Waals surface area (Å²) in [5.74, 6) is 0.338. The van der Waals surface area contributed by atoms with Crippen LogP contribution in [0.25, 0.3) is 0 Å². The van der Waals surface area contributed by atoms with Gasteiger partial charge in [-0.1, -0.05) is 12.1 Å². The van der Waals surface area contributed by atoms with Crippen molar-refractivity contribution in [3.05, 3.63) is 51.7 Å². The number of phenols is 1. The average molecular weight is 303 g/mol. The van der Waals surface area contributed by atoms with E-state index < -0.39 is 0 Å². The molecular weight excluding hydrogens is 278 g/mol. The summed E-state index contributed by atoms with van der Waals surface area (Å²) >= 11 is 1.89. The molecule has 1 aromatic carbocycles. The Kier molecular flexibility index (Phi) is 5.83. The fraction of sp³-hybridized carbons (Fsp3) is 0.444. The zero-order valence-corrected chi connectivity index (χ0v) is 13.9. The standard InChI is InChI=1S/C18H25NOS/c1-13(4-6-16-7-9-17(20)10-8-16)19-14(2)12-18-11-5-15(3)21-18/h5,7-11,13-14,19-20H,4,6,12H2,1-3H3. The second-order valence-electron chi connectivity index (χ2n) is 5.89. The van der Waals surface area contributed by atoms with Crippen LogP contribution in [0.2, 0.25) is 0 Å². The van der Waals surface area contributed by atoms with Crippen LogP contribution < -0.4 is 5.32 Å². The lowest BCUT2D eigenvalue weighted by atomic mass is 10.0. The van der Waals surface area contributed by atoms with Crippen LogP contribution in [0.3, 0.4) is 0 Å². The molecule has 2 unspecified atom stereocenters. The van der Waals surface area contributed by atoms with Crippen LogP contribution in [0.5, 0.6) is 5.75 Å². The van der Waals surface area contributed by atoms with Crippen LogP contribution >= 0.6 is 11.3 Å². The number of rotatable bonds is 7. The molecule has 2 aromatic rings. The minimum atomic E-state index is 0.338. The zero-order valence-electron chi connectivity index (χ0n) is 13.1. The Morgan fingerprint density at radius 3 is 2.38 bits per heavy atom. The van der Waals surface area contributed by atoms with Gasteiger partial charge in [0.1, 0.15) is 5.75 Å². The van der Waals surface area contributed by atoms with E-state index in [0.717, 1.165) is 19.3 Å². The largest absolute Gasteiger partial charge is 0.508 e. The molecule has 0 saturated carbocycles. The summed E-state index contributed by atoms with van der Waals surface area (Å²) in [5, 5.41) is 13.0. The van der Waals surface area contributed by atoms with Gasteiger partial charge in [0.15, 0.2) is 0 Å². The Bertz CT molecular complexity index is 547. The molecule has 0 fully saturated rings. The molecule has 21 heavy (non-hydrogen) atoms. The maximum absolute atomic E-state index is 9.28. The lowest BCUT2D eigenvalue weighted by molar-refractivity contribution is 0.445. The minimum Gasteiger partial charge on any atom is -0.508 e. The highest BCUT2D eigenvalue weighted by Gasteiger charge is 2.09. The van der Waals surface area contributed by atoms with Gasteiger partial charge in [-0.25, -0.2) is 0 Å². The Morgan fingerprint density at radius 2 is 1.76 bits per heavy atom. The van der Waals surface area contributed by atoms with Crippen molar-refractivity contribution in [1.29, 1.82) is 0 Å². The Morgan fingerprint density at radius 1 is 1.05 bits per heavy atom. The van der Waals surface area contributed by atoms with E-state index in [1.54, 1.807) is 12.1 Å². The van der Waals surface area contributed by atoms with Crippen LogP contribution in [0.1, 0.15) is 35.6 Å². The molecule has 3 heteroatoms. The smallest absolute Gasteiger partial charge is 0.115 e. The van der Waals surface area contributed by atoms with E-state index in [2.05, 4.69) is 38.2 Å². The van der Waals surface area contributed by atoms with Crippen molar-refractivity contribution >= 4 is 11.3 Å². The maximum atomic E-state index is 9.28. The quantitative estimate of drug-likeness (QED) is 0.799. The van der Waals surface area contributed by atoms with E-state index in [1.165, 1.54) is 15.3 Å². The van der Waals surface area contributed by atoms with Crippen molar-refractivity contribution in [3.63, 3.8) is 0 Å². The average Bonchev–Trinajstić information content (AvgIpc) is 2.83. The third-order valence-electron chi connectivity index (χ3n) is 3.67. The van der Waals surface area contributed by atoms with Gasteiger partial charge in [0.2, 0.25) is 0 Å². The molecule has 0 aliphatic rings. The normalized spacial score (nSPS) is 14.0. The maximum Gasteiger partial charge on any atom is 0.115 e. The van der Waals surface area contributed by atoms with E-state index in [-0.39, 0.29) is 0 Å². The predicted molar refractivity (Wildman–Crippen MR) is 91.2 cm³/mol. The lowest BCUT2D eigenvalue weighted by Gasteiger charge is -2.19. The fourth-order valence-electron chi connectivity index (χ4n) is 2.57. The van der Waals surface area contributed by atoms with Crippen molar-refractivity contribution < 1.29 is 5.11 Å². The number of benzene rings is 1. The Labute approximate surface area is 131 Å². The number of hydrogen-bond donors (Lipinski definition) is 2. The van der Waals surface area contributed by atoms with Gasteiger partial charge in [-0.2, -0.15) is 0 Å². The summed E-state index contributed by atoms with van der Waals surface area (Å²) in [4.78, 5) is 2.84. The predicted octanol–water partition coefficient (Wildman–Crippen LogP) is 4.30. The Balaban J connectivity index is 1.73. The third kappa shape index (κ3) is 5.52. The number of hydrogen-bond acceptors (Lipinski definition) is 3. The highest BCUT2D eigenvalue weighted by Crippen LogP contribution is 2.17. The zero-order chi connectivity index (χ0) is 15.2. The van der Waals surface area contributed by atoms with Crippen LogP contribution in [-0.2, 0) is 12.8 Å². The van der Waals surface area contributed by atoms with Crippen molar-refractivity contribution in [2.45, 2.75) is 52.1 Å². The van der Waals surface area contributed by atoms with E-state index in [0.29, 0.717) is 17.8 Å². The van der Waals surface area contributed by atoms with Crippen molar-refractivity contribution in [2.75, 3.05) is 0 Å². The number of aromatic hydroxyl groups is 1. The van der Waals surface area contributed by atoms with Gasteiger partial charge in [-0.3, -0.25) is 0 Å². The summed E-state index contributed by atoms with van der Waals surface area (Å²) in [6, 6.07) is 12.9. The first-order valence-electron chi connectivity index (χ1n) is 7.62. The van der Waals surface area contributed by atoms with E-state index in [1.807, 2.05) is 23.5 Å². The van der Waals surface area contributed by atoms with Crippen LogP contribution in [0.4, 0.5) is 0 Å². The second kappa shape index (κ2) is 7.62. The SMILES string of the molecule is Cc1ccc(CC(C)NC(C)CCc2ccc(O)cc2)s1. The first-order valence-corrected chi connectivity index (χ1v) is 8.44. The first-order chi connectivity index (χ1) is 10.0. The van der Waals surface area contributed by atoms with Gasteiger partial charge in [-0.15, -0.1) is 11.3 Å². The topological polar surface area (TPSA) is 32.3 Å². The molecule has 2 atom stereocenters. The highest BCUT2D eigenvalue weighted by atomic mass is 32.1. The molecule has 2 nitrogen and oxygen atoms in total. The summed E-state index contributed by atoms with van der Waals surface area (Å²) < 4.78 is 0. The fourth-order valence-corrected chi connectivity index (χ4v) is 3.59. The molecule has 0 saturated heterocycles. The van der Waals surface area contributed by atoms with E-state index in [9.17, 15) is 5.11 Å². The number of phenolic OH excluding ortho intramolecular Hbond substituents is 1. The number of thiophene rings is 1. The van der Waals surface area contributed by atoms with Crippen molar-refractivity contribution in [3.8, 4) is 5.75 Å². The van der Waals surface area contributed by atoms with Gasteiger partial charge in [0.05, 0.1) is 0 Å². The van der Waals surface area contributed by atoms with Gasteiger partial charge in [-0.05, 0) is 69.9 Å². The third-order valence-corrected chi connectivity index (χ3v) is 4.70. The van der Waals surface area contributed by atoms with E-state index in [4.69, 9.17) is 0 Å². The van der Waals surface area contributed by atoms with Crippen LogP contribution in [0, 0.1) is 6.92 Å².